The molecule has 7 heteroatoms. The van der Waals surface area contributed by atoms with E-state index in [1.165, 1.54) is 6.07 Å². The van der Waals surface area contributed by atoms with Gasteiger partial charge in [-0.2, -0.15) is 0 Å². The van der Waals surface area contributed by atoms with Gasteiger partial charge in [-0.25, -0.2) is 18.5 Å². The second kappa shape index (κ2) is 7.24. The predicted octanol–water partition coefficient (Wildman–Crippen LogP) is 4.70. The number of benzene rings is 3. The number of hydrogen-bond acceptors (Lipinski definition) is 3. The summed E-state index contributed by atoms with van der Waals surface area (Å²) < 4.78 is 23.8. The number of rotatable bonds is 4. The molecule has 0 saturated carbocycles. The number of nitrogens with two attached hydrogens (primary N) is 1. The van der Waals surface area contributed by atoms with E-state index in [0.717, 1.165) is 22.2 Å². The maximum atomic E-state index is 11.9. The Kier molecular flexibility index (Phi) is 4.77. The number of nitrogens with zero attached hydrogens (tertiary/aromatic N) is 1. The molecule has 5 nitrogen and oxygen atoms in total. The van der Waals surface area contributed by atoms with Crippen LogP contribution in [0.4, 0.5) is 0 Å². The van der Waals surface area contributed by atoms with E-state index in [2.05, 4.69) is 9.97 Å². The molecule has 0 amide bonds. The fourth-order valence-electron chi connectivity index (χ4n) is 2.98. The van der Waals surface area contributed by atoms with Gasteiger partial charge in [-0.05, 0) is 47.5 Å². The smallest absolute Gasteiger partial charge is 0.238 e. The largest absolute Gasteiger partial charge is 0.338 e. The molecule has 0 atom stereocenters. The highest BCUT2D eigenvalue weighted by Gasteiger charge is 2.15. The monoisotopic (exact) mass is 409 g/mol. The number of aromatic nitrogens is 2. The highest BCUT2D eigenvalue weighted by Crippen LogP contribution is 2.29. The summed E-state index contributed by atoms with van der Waals surface area (Å²) in [6.45, 7) is 0. The highest BCUT2D eigenvalue weighted by atomic mass is 35.5. The average Bonchev–Trinajstić information content (AvgIpc) is 3.09. The van der Waals surface area contributed by atoms with Crippen molar-refractivity contribution in [2.45, 2.75) is 4.90 Å². The van der Waals surface area contributed by atoms with Gasteiger partial charge in [0.1, 0.15) is 5.82 Å². The van der Waals surface area contributed by atoms with Crippen LogP contribution in [-0.2, 0) is 10.0 Å². The van der Waals surface area contributed by atoms with E-state index in [0.29, 0.717) is 16.4 Å². The lowest BCUT2D eigenvalue weighted by Gasteiger charge is -2.07. The van der Waals surface area contributed by atoms with Crippen molar-refractivity contribution in [2.24, 2.45) is 5.14 Å². The number of halogens is 1. The number of H-pyrrole nitrogens is 1. The van der Waals surface area contributed by atoms with Gasteiger partial charge in [-0.15, -0.1) is 0 Å². The number of fused-ring (bicyclic) bond motifs is 1. The third-order valence-electron chi connectivity index (χ3n) is 4.31. The molecule has 1 heterocycles. The molecule has 0 bridgehead atoms. The predicted molar refractivity (Wildman–Crippen MR) is 113 cm³/mol. The Hall–Kier alpha value is -2.93. The molecule has 0 fully saturated rings. The first-order chi connectivity index (χ1) is 13.4. The summed E-state index contributed by atoms with van der Waals surface area (Å²) in [5.74, 6) is 0.696. The maximum absolute atomic E-state index is 11.9. The van der Waals surface area contributed by atoms with Crippen LogP contribution in [0.15, 0.2) is 71.6 Å². The molecule has 0 unspecified atom stereocenters. The first-order valence-electron chi connectivity index (χ1n) is 8.46. The zero-order chi connectivity index (χ0) is 19.7. The van der Waals surface area contributed by atoms with Gasteiger partial charge in [0.25, 0.3) is 0 Å². The van der Waals surface area contributed by atoms with Crippen LogP contribution in [0.1, 0.15) is 11.4 Å². The molecular weight excluding hydrogens is 394 g/mol. The second-order valence-corrected chi connectivity index (χ2v) is 8.25. The zero-order valence-corrected chi connectivity index (χ0v) is 16.2. The minimum Gasteiger partial charge on any atom is -0.338 e. The highest BCUT2D eigenvalue weighted by molar-refractivity contribution is 7.89. The number of nitrogens with one attached hydrogen (secondary N) is 1. The van der Waals surface area contributed by atoms with Crippen LogP contribution >= 0.6 is 11.6 Å². The van der Waals surface area contributed by atoms with Crippen molar-refractivity contribution in [1.29, 1.82) is 0 Å². The molecule has 140 valence electrons. The average molecular weight is 410 g/mol. The van der Waals surface area contributed by atoms with Gasteiger partial charge in [-0.3, -0.25) is 0 Å². The summed E-state index contributed by atoms with van der Waals surface area (Å²) in [5, 5.41) is 6.04. The van der Waals surface area contributed by atoms with E-state index in [4.69, 9.17) is 16.7 Å². The van der Waals surface area contributed by atoms with Crippen molar-refractivity contribution < 1.29 is 8.42 Å². The van der Waals surface area contributed by atoms with E-state index in [-0.39, 0.29) is 4.90 Å². The number of sulfonamides is 1. The zero-order valence-electron chi connectivity index (χ0n) is 14.6. The fourth-order valence-corrected chi connectivity index (χ4v) is 3.86. The maximum Gasteiger partial charge on any atom is 0.238 e. The van der Waals surface area contributed by atoms with Gasteiger partial charge in [0.2, 0.25) is 10.0 Å². The summed E-state index contributed by atoms with van der Waals surface area (Å²) in [5.41, 5.74) is 3.89. The molecule has 0 spiro atoms. The van der Waals surface area contributed by atoms with E-state index in [9.17, 15) is 8.42 Å². The Balaban J connectivity index is 1.71. The summed E-state index contributed by atoms with van der Waals surface area (Å²) in [7, 11) is -3.82. The van der Waals surface area contributed by atoms with E-state index in [1.54, 1.807) is 18.2 Å². The van der Waals surface area contributed by atoms with Crippen molar-refractivity contribution in [3.05, 3.63) is 83.1 Å². The molecule has 4 aromatic rings. The third kappa shape index (κ3) is 3.84. The Morgan fingerprint density at radius 3 is 2.46 bits per heavy atom. The van der Waals surface area contributed by atoms with Crippen LogP contribution in [0.25, 0.3) is 34.3 Å². The number of imidazole rings is 1. The third-order valence-corrected chi connectivity index (χ3v) is 5.53. The quantitative estimate of drug-likeness (QED) is 0.512. The molecule has 0 aliphatic rings. The van der Waals surface area contributed by atoms with Gasteiger partial charge in [0.05, 0.1) is 15.9 Å². The molecule has 28 heavy (non-hydrogen) atoms. The summed E-state index contributed by atoms with van der Waals surface area (Å²) >= 11 is 5.90. The van der Waals surface area contributed by atoms with Crippen LogP contribution in [0.2, 0.25) is 5.02 Å². The molecule has 3 N–H and O–H groups in total. The SMILES string of the molecule is NS(=O)(=O)c1ccccc1-c1ccc2nc(/C=C/c3ccc(Cl)cc3)[nH]c2c1. The second-order valence-electron chi connectivity index (χ2n) is 6.28. The van der Waals surface area contributed by atoms with Crippen molar-refractivity contribution in [3.63, 3.8) is 0 Å². The fraction of sp³-hybridized carbons (Fsp3) is 0. The van der Waals surface area contributed by atoms with Crippen LogP contribution < -0.4 is 5.14 Å². The molecule has 0 aliphatic carbocycles. The summed E-state index contributed by atoms with van der Waals surface area (Å²) in [4.78, 5) is 7.88. The van der Waals surface area contributed by atoms with Crippen molar-refractivity contribution in [3.8, 4) is 11.1 Å². The van der Waals surface area contributed by atoms with E-state index < -0.39 is 10.0 Å². The lowest BCUT2D eigenvalue weighted by Crippen LogP contribution is -2.13. The van der Waals surface area contributed by atoms with Gasteiger partial charge in [-0.1, -0.05) is 54.1 Å². The lowest BCUT2D eigenvalue weighted by molar-refractivity contribution is 0.598. The van der Waals surface area contributed by atoms with Gasteiger partial charge in [0.15, 0.2) is 0 Å². The van der Waals surface area contributed by atoms with Crippen molar-refractivity contribution in [2.75, 3.05) is 0 Å². The summed E-state index contributed by atoms with van der Waals surface area (Å²) in [6.07, 6.45) is 3.81. The van der Waals surface area contributed by atoms with Gasteiger partial charge in [0, 0.05) is 10.6 Å². The molecule has 1 aromatic heterocycles. The van der Waals surface area contributed by atoms with Gasteiger partial charge < -0.3 is 4.98 Å². The van der Waals surface area contributed by atoms with Gasteiger partial charge >= 0.3 is 0 Å². The van der Waals surface area contributed by atoms with E-state index >= 15 is 0 Å². The minimum atomic E-state index is -3.82. The normalized spacial score (nSPS) is 12.1. The van der Waals surface area contributed by atoms with Crippen molar-refractivity contribution in [1.82, 2.24) is 9.97 Å². The molecule has 4 rings (SSSR count). The Bertz CT molecular complexity index is 1290. The number of primary sulfonamides is 1. The lowest BCUT2D eigenvalue weighted by atomic mass is 10.1. The first kappa shape index (κ1) is 18.4. The number of aromatic amines is 1. The Morgan fingerprint density at radius 2 is 1.71 bits per heavy atom. The molecule has 3 aromatic carbocycles. The number of hydrogen-bond donors (Lipinski definition) is 2. The Morgan fingerprint density at radius 1 is 0.964 bits per heavy atom. The first-order valence-corrected chi connectivity index (χ1v) is 10.4. The van der Waals surface area contributed by atoms with Crippen LogP contribution in [-0.4, -0.2) is 18.4 Å². The minimum absolute atomic E-state index is 0.0942. The summed E-state index contributed by atoms with van der Waals surface area (Å²) in [6, 6.07) is 19.7. The molecule has 0 radical (unpaired) electrons. The standard InChI is InChI=1S/C21H16ClN3O2S/c22-16-9-5-14(6-10-16)7-12-21-24-18-11-8-15(13-19(18)25-21)17-3-1-2-4-20(17)28(23,26)27/h1-13H,(H,24,25)(H2,23,26,27)/b12-7+. The van der Waals surface area contributed by atoms with Crippen LogP contribution in [0, 0.1) is 0 Å². The molecule has 0 aliphatic heterocycles. The topological polar surface area (TPSA) is 88.8 Å². The molecule has 0 saturated heterocycles. The van der Waals surface area contributed by atoms with E-state index in [1.807, 2.05) is 54.6 Å². The Labute approximate surface area is 167 Å². The molecular formula is C21H16ClN3O2S. The van der Waals surface area contributed by atoms with Crippen molar-refractivity contribution >= 4 is 44.8 Å². The van der Waals surface area contributed by atoms with Crippen LogP contribution in [0.3, 0.4) is 0 Å². The van der Waals surface area contributed by atoms with Crippen LogP contribution in [0.5, 0.6) is 0 Å².